The van der Waals surface area contributed by atoms with Crippen LogP contribution in [0.3, 0.4) is 0 Å². The number of amides is 3. The highest BCUT2D eigenvalue weighted by Crippen LogP contribution is 2.10. The predicted octanol–water partition coefficient (Wildman–Crippen LogP) is 0.477. The predicted molar refractivity (Wildman–Crippen MR) is 88.6 cm³/mol. The number of esters is 1. The monoisotopic (exact) mass is 346 g/mol. The highest BCUT2D eigenvalue weighted by atomic mass is 16.5. The first-order valence-electron chi connectivity index (χ1n) is 7.54. The number of imide groups is 1. The third-order valence-electron chi connectivity index (χ3n) is 3.25. The number of aryl methyl sites for hydroxylation is 1. The molecule has 0 saturated heterocycles. The largest absolute Gasteiger partial charge is 0.452 e. The molecule has 9 nitrogen and oxygen atoms in total. The summed E-state index contributed by atoms with van der Waals surface area (Å²) >= 11 is 0. The molecule has 1 aromatic carbocycles. The Balaban J connectivity index is 1.96. The van der Waals surface area contributed by atoms with Crippen molar-refractivity contribution in [2.45, 2.75) is 13.8 Å². The number of aromatic amines is 1. The molecule has 2 rings (SSSR count). The lowest BCUT2D eigenvalue weighted by Gasteiger charge is -2.07. The van der Waals surface area contributed by atoms with Crippen LogP contribution < -0.4 is 16.3 Å². The van der Waals surface area contributed by atoms with Crippen molar-refractivity contribution < 1.29 is 19.1 Å². The third kappa shape index (κ3) is 4.56. The van der Waals surface area contributed by atoms with E-state index in [2.05, 4.69) is 10.3 Å². The van der Waals surface area contributed by atoms with Crippen LogP contribution in [0.4, 0.5) is 4.79 Å². The Labute approximate surface area is 143 Å². The number of nitrogens with zero attached hydrogens (tertiary/aromatic N) is 1. The smallest absolute Gasteiger partial charge is 0.338 e. The van der Waals surface area contributed by atoms with Crippen LogP contribution in [0.1, 0.15) is 23.0 Å². The number of ether oxygens (including phenoxy) is 1. The van der Waals surface area contributed by atoms with Crippen LogP contribution >= 0.6 is 0 Å². The normalized spacial score (nSPS) is 10.2. The van der Waals surface area contributed by atoms with E-state index in [1.165, 1.54) is 16.7 Å². The third-order valence-corrected chi connectivity index (χ3v) is 3.25. The number of carbonyl (C=O) groups excluding carboxylic acids is 3. The molecule has 25 heavy (non-hydrogen) atoms. The van der Waals surface area contributed by atoms with Crippen molar-refractivity contribution in [3.8, 4) is 5.69 Å². The fourth-order valence-corrected chi connectivity index (χ4v) is 2.10. The van der Waals surface area contributed by atoms with Gasteiger partial charge in [0.05, 0.1) is 11.3 Å². The van der Waals surface area contributed by atoms with Crippen LogP contribution in [0.2, 0.25) is 0 Å². The molecule has 0 spiro atoms. The molecule has 0 atom stereocenters. The summed E-state index contributed by atoms with van der Waals surface area (Å²) in [5.41, 5.74) is 1.25. The maximum Gasteiger partial charge on any atom is 0.338 e. The molecule has 9 heteroatoms. The van der Waals surface area contributed by atoms with E-state index in [1.807, 2.05) is 5.32 Å². The molecule has 0 aliphatic carbocycles. The van der Waals surface area contributed by atoms with Gasteiger partial charge in [-0.1, -0.05) is 0 Å². The first kappa shape index (κ1) is 18.0. The van der Waals surface area contributed by atoms with Gasteiger partial charge in [0, 0.05) is 18.4 Å². The molecule has 0 saturated carbocycles. The number of H-pyrrole nitrogens is 1. The van der Waals surface area contributed by atoms with Crippen LogP contribution in [0.15, 0.2) is 35.3 Å². The number of hydrogen-bond acceptors (Lipinski definition) is 5. The van der Waals surface area contributed by atoms with Crippen molar-refractivity contribution in [3.05, 3.63) is 52.2 Å². The van der Waals surface area contributed by atoms with Crippen molar-refractivity contribution in [2.75, 3.05) is 13.2 Å². The van der Waals surface area contributed by atoms with Crippen LogP contribution in [-0.2, 0) is 9.53 Å². The van der Waals surface area contributed by atoms with E-state index in [0.29, 0.717) is 12.2 Å². The van der Waals surface area contributed by atoms with Crippen LogP contribution in [0.25, 0.3) is 5.69 Å². The summed E-state index contributed by atoms with van der Waals surface area (Å²) in [6.45, 7) is 3.27. The second kappa shape index (κ2) is 7.95. The number of rotatable bonds is 5. The van der Waals surface area contributed by atoms with Gasteiger partial charge in [0.2, 0.25) is 0 Å². The Morgan fingerprint density at radius 3 is 2.44 bits per heavy atom. The zero-order chi connectivity index (χ0) is 18.4. The molecule has 0 bridgehead atoms. The molecule has 1 heterocycles. The molecule has 132 valence electrons. The van der Waals surface area contributed by atoms with Gasteiger partial charge in [-0.2, -0.15) is 0 Å². The minimum atomic E-state index is -0.731. The lowest BCUT2D eigenvalue weighted by molar-refractivity contribution is -0.123. The van der Waals surface area contributed by atoms with E-state index >= 15 is 0 Å². The van der Waals surface area contributed by atoms with Crippen molar-refractivity contribution in [1.82, 2.24) is 20.2 Å². The molecule has 0 fully saturated rings. The molecule has 0 radical (unpaired) electrons. The summed E-state index contributed by atoms with van der Waals surface area (Å²) in [4.78, 5) is 48.8. The molecule has 0 aliphatic rings. The average molecular weight is 346 g/mol. The Hall–Kier alpha value is -3.36. The maximum absolute atomic E-state index is 11.9. The summed E-state index contributed by atoms with van der Waals surface area (Å²) in [6, 6.07) is 5.50. The summed E-state index contributed by atoms with van der Waals surface area (Å²) in [7, 11) is 0. The lowest BCUT2D eigenvalue weighted by atomic mass is 10.2. The van der Waals surface area contributed by atoms with Crippen LogP contribution in [0.5, 0.6) is 0 Å². The van der Waals surface area contributed by atoms with Gasteiger partial charge < -0.3 is 15.0 Å². The molecular formula is C16H18N4O5. The van der Waals surface area contributed by atoms with Gasteiger partial charge >= 0.3 is 17.7 Å². The maximum atomic E-state index is 11.9. The lowest BCUT2D eigenvalue weighted by Crippen LogP contribution is -2.41. The first-order chi connectivity index (χ1) is 11.9. The number of urea groups is 1. The second-order valence-electron chi connectivity index (χ2n) is 5.10. The van der Waals surface area contributed by atoms with Gasteiger partial charge in [0.15, 0.2) is 6.61 Å². The number of hydrogen-bond donors (Lipinski definition) is 3. The Kier molecular flexibility index (Phi) is 5.72. The summed E-state index contributed by atoms with van der Waals surface area (Å²) < 4.78 is 6.29. The number of aromatic nitrogens is 2. The highest BCUT2D eigenvalue weighted by molar-refractivity contribution is 5.97. The Bertz CT molecular complexity index is 835. The van der Waals surface area contributed by atoms with Gasteiger partial charge in [-0.05, 0) is 38.1 Å². The molecule has 3 N–H and O–H groups in total. The van der Waals surface area contributed by atoms with E-state index in [4.69, 9.17) is 4.74 Å². The van der Waals surface area contributed by atoms with Crippen molar-refractivity contribution in [1.29, 1.82) is 0 Å². The zero-order valence-electron chi connectivity index (χ0n) is 13.8. The number of nitrogens with one attached hydrogen (secondary N) is 3. The quantitative estimate of drug-likeness (QED) is 0.680. The van der Waals surface area contributed by atoms with Crippen molar-refractivity contribution >= 4 is 17.9 Å². The molecule has 0 unspecified atom stereocenters. The summed E-state index contributed by atoms with van der Waals surface area (Å²) in [5, 5.41) is 4.40. The number of benzene rings is 1. The van der Waals surface area contributed by atoms with Crippen molar-refractivity contribution in [3.63, 3.8) is 0 Å². The minimum Gasteiger partial charge on any atom is -0.452 e. The molecule has 3 amide bonds. The zero-order valence-corrected chi connectivity index (χ0v) is 13.8. The van der Waals surface area contributed by atoms with Gasteiger partial charge in [-0.25, -0.2) is 14.4 Å². The van der Waals surface area contributed by atoms with E-state index in [-0.39, 0.29) is 11.3 Å². The SMILES string of the molecule is CCNC(=O)NC(=O)COC(=O)c1ccc(-n2c(C)c[nH]c2=O)cc1. The van der Waals surface area contributed by atoms with Crippen LogP contribution in [-0.4, -0.2) is 40.6 Å². The highest BCUT2D eigenvalue weighted by Gasteiger charge is 2.13. The molecule has 2 aromatic rings. The Morgan fingerprint density at radius 2 is 1.88 bits per heavy atom. The molecular weight excluding hydrogens is 328 g/mol. The Morgan fingerprint density at radius 1 is 1.20 bits per heavy atom. The van der Waals surface area contributed by atoms with E-state index in [1.54, 1.807) is 32.2 Å². The van der Waals surface area contributed by atoms with Gasteiger partial charge in [-0.15, -0.1) is 0 Å². The van der Waals surface area contributed by atoms with Crippen molar-refractivity contribution in [2.24, 2.45) is 0 Å². The van der Waals surface area contributed by atoms with Crippen LogP contribution in [0, 0.1) is 6.92 Å². The topological polar surface area (TPSA) is 122 Å². The summed E-state index contributed by atoms with van der Waals surface area (Å²) in [6.07, 6.45) is 1.58. The minimum absolute atomic E-state index is 0.218. The standard InChI is InChI=1S/C16H18N4O5/c1-3-17-15(23)19-13(21)9-25-14(22)11-4-6-12(7-5-11)20-10(2)8-18-16(20)24/h4-8H,3,9H2,1-2H3,(H,18,24)(H2,17,19,21,23). The second-order valence-corrected chi connectivity index (χ2v) is 5.10. The fourth-order valence-electron chi connectivity index (χ4n) is 2.10. The van der Waals surface area contributed by atoms with Gasteiger partial charge in [0.1, 0.15) is 0 Å². The molecule has 1 aromatic heterocycles. The van der Waals surface area contributed by atoms with E-state index in [9.17, 15) is 19.2 Å². The van der Waals surface area contributed by atoms with Gasteiger partial charge in [0.25, 0.3) is 5.91 Å². The van der Waals surface area contributed by atoms with Gasteiger partial charge in [-0.3, -0.25) is 14.7 Å². The first-order valence-corrected chi connectivity index (χ1v) is 7.54. The van der Waals surface area contributed by atoms with E-state index in [0.717, 1.165) is 5.69 Å². The number of carbonyl (C=O) groups is 3. The average Bonchev–Trinajstić information content (AvgIpc) is 2.91. The fraction of sp³-hybridized carbons (Fsp3) is 0.250. The van der Waals surface area contributed by atoms with E-state index < -0.39 is 24.5 Å². The molecule has 0 aliphatic heterocycles. The number of imidazole rings is 1. The summed E-state index contributed by atoms with van der Waals surface area (Å²) in [5.74, 6) is -1.44.